The number of nitrogens with zero attached hydrogens (tertiary/aromatic N) is 2. The molecule has 1 saturated heterocycles. The highest BCUT2D eigenvalue weighted by Crippen LogP contribution is 2.28. The molecule has 2 aromatic rings. The summed E-state index contributed by atoms with van der Waals surface area (Å²) in [5.41, 5.74) is 2.31. The molecule has 4 nitrogen and oxygen atoms in total. The van der Waals surface area contributed by atoms with Crippen molar-refractivity contribution in [2.45, 2.75) is 6.92 Å². The van der Waals surface area contributed by atoms with Crippen molar-refractivity contribution < 1.29 is 9.53 Å². The van der Waals surface area contributed by atoms with Crippen molar-refractivity contribution in [3.05, 3.63) is 52.2 Å². The first-order valence-corrected chi connectivity index (χ1v) is 8.96. The van der Waals surface area contributed by atoms with Crippen LogP contribution in [0.4, 0.5) is 5.69 Å². The van der Waals surface area contributed by atoms with E-state index in [0.29, 0.717) is 0 Å². The minimum atomic E-state index is 0.0856. The van der Waals surface area contributed by atoms with Crippen LogP contribution in [0.3, 0.4) is 0 Å². The van der Waals surface area contributed by atoms with E-state index in [4.69, 9.17) is 4.74 Å². The van der Waals surface area contributed by atoms with Crippen molar-refractivity contribution in [1.82, 2.24) is 4.90 Å². The Balaban J connectivity index is 1.59. The Morgan fingerprint density at radius 2 is 1.92 bits per heavy atom. The lowest BCUT2D eigenvalue weighted by atomic mass is 10.2. The van der Waals surface area contributed by atoms with Crippen LogP contribution in [0.1, 0.15) is 10.4 Å². The predicted octanol–water partition coefficient (Wildman–Crippen LogP) is 3.43. The fourth-order valence-electron chi connectivity index (χ4n) is 2.87. The number of para-hydroxylation sites is 2. The van der Waals surface area contributed by atoms with Gasteiger partial charge in [0.1, 0.15) is 5.75 Å². The van der Waals surface area contributed by atoms with E-state index in [1.807, 2.05) is 34.6 Å². The van der Waals surface area contributed by atoms with E-state index in [9.17, 15) is 4.79 Å². The minimum absolute atomic E-state index is 0.0856. The highest BCUT2D eigenvalue weighted by molar-refractivity contribution is 7.11. The fourth-order valence-corrected chi connectivity index (χ4v) is 3.69. The van der Waals surface area contributed by atoms with Crippen LogP contribution in [0, 0.1) is 6.92 Å². The molecule has 1 fully saturated rings. The van der Waals surface area contributed by atoms with Crippen LogP contribution in [0.5, 0.6) is 5.75 Å². The van der Waals surface area contributed by atoms with Crippen LogP contribution in [-0.2, 0) is 4.79 Å². The first-order valence-electron chi connectivity index (χ1n) is 8.08. The number of benzene rings is 1. The summed E-state index contributed by atoms with van der Waals surface area (Å²) in [6.07, 6.45) is 3.62. The smallest absolute Gasteiger partial charge is 0.246 e. The molecule has 1 aromatic heterocycles. The minimum Gasteiger partial charge on any atom is -0.495 e. The number of hydrogen-bond acceptors (Lipinski definition) is 4. The summed E-state index contributed by atoms with van der Waals surface area (Å²) >= 11 is 1.66. The van der Waals surface area contributed by atoms with Crippen molar-refractivity contribution in [1.29, 1.82) is 0 Å². The van der Waals surface area contributed by atoms with E-state index >= 15 is 0 Å². The molecule has 0 bridgehead atoms. The second-order valence-corrected chi connectivity index (χ2v) is 6.73. The van der Waals surface area contributed by atoms with Crippen molar-refractivity contribution in [3.63, 3.8) is 0 Å². The Kier molecular flexibility index (Phi) is 5.20. The van der Waals surface area contributed by atoms with Gasteiger partial charge < -0.3 is 14.5 Å². The largest absolute Gasteiger partial charge is 0.495 e. The number of piperazine rings is 1. The third kappa shape index (κ3) is 3.62. The molecule has 0 radical (unpaired) electrons. The number of amides is 1. The second kappa shape index (κ2) is 7.53. The van der Waals surface area contributed by atoms with E-state index in [-0.39, 0.29) is 5.91 Å². The van der Waals surface area contributed by atoms with Crippen molar-refractivity contribution in [2.24, 2.45) is 0 Å². The van der Waals surface area contributed by atoms with Gasteiger partial charge in [-0.15, -0.1) is 11.3 Å². The second-order valence-electron chi connectivity index (χ2n) is 5.79. The highest BCUT2D eigenvalue weighted by Gasteiger charge is 2.21. The zero-order valence-electron chi connectivity index (χ0n) is 14.1. The van der Waals surface area contributed by atoms with Gasteiger partial charge in [-0.1, -0.05) is 12.1 Å². The van der Waals surface area contributed by atoms with Gasteiger partial charge >= 0.3 is 0 Å². The first-order chi connectivity index (χ1) is 11.7. The Morgan fingerprint density at radius 3 is 2.58 bits per heavy atom. The third-order valence-electron chi connectivity index (χ3n) is 4.30. The van der Waals surface area contributed by atoms with Gasteiger partial charge in [0, 0.05) is 37.1 Å². The summed E-state index contributed by atoms with van der Waals surface area (Å²) in [7, 11) is 1.69. The maximum absolute atomic E-state index is 12.4. The molecule has 1 amide bonds. The van der Waals surface area contributed by atoms with Gasteiger partial charge in [0.2, 0.25) is 5.91 Å². The van der Waals surface area contributed by atoms with E-state index in [1.54, 1.807) is 24.5 Å². The lowest BCUT2D eigenvalue weighted by Crippen LogP contribution is -2.48. The van der Waals surface area contributed by atoms with Gasteiger partial charge in [0.15, 0.2) is 0 Å². The maximum Gasteiger partial charge on any atom is 0.246 e. The predicted molar refractivity (Wildman–Crippen MR) is 99.9 cm³/mol. The molecule has 2 heterocycles. The van der Waals surface area contributed by atoms with Crippen LogP contribution < -0.4 is 9.64 Å². The summed E-state index contributed by atoms with van der Waals surface area (Å²) in [6.45, 7) is 5.15. The number of thiophene rings is 1. The summed E-state index contributed by atoms with van der Waals surface area (Å²) in [5, 5.41) is 2.05. The SMILES string of the molecule is COc1ccccc1N1CCN(C(=O)C=Cc2sccc2C)CC1. The Labute approximate surface area is 147 Å². The molecule has 1 aromatic carbocycles. The number of anilines is 1. The van der Waals surface area contributed by atoms with E-state index in [1.165, 1.54) is 5.56 Å². The molecule has 0 N–H and O–H groups in total. The fraction of sp³-hybridized carbons (Fsp3) is 0.316. The number of carbonyl (C=O) groups excluding carboxylic acids is 1. The number of aryl methyl sites for hydroxylation is 1. The molecule has 24 heavy (non-hydrogen) atoms. The molecule has 1 aliphatic rings. The molecule has 3 rings (SSSR count). The number of hydrogen-bond donors (Lipinski definition) is 0. The summed E-state index contributed by atoms with van der Waals surface area (Å²) in [4.78, 5) is 17.7. The quantitative estimate of drug-likeness (QED) is 0.798. The zero-order chi connectivity index (χ0) is 16.9. The maximum atomic E-state index is 12.4. The topological polar surface area (TPSA) is 32.8 Å². The molecule has 0 spiro atoms. The summed E-state index contributed by atoms with van der Waals surface area (Å²) < 4.78 is 5.43. The average molecular weight is 342 g/mol. The van der Waals surface area contributed by atoms with Crippen LogP contribution in [0.2, 0.25) is 0 Å². The van der Waals surface area contributed by atoms with Crippen molar-refractivity contribution in [3.8, 4) is 5.75 Å². The Bertz CT molecular complexity index is 730. The first kappa shape index (κ1) is 16.6. The van der Waals surface area contributed by atoms with Crippen molar-refractivity contribution >= 4 is 29.0 Å². The Hall–Kier alpha value is -2.27. The van der Waals surface area contributed by atoms with Gasteiger partial charge in [0.05, 0.1) is 12.8 Å². The average Bonchev–Trinajstić information content (AvgIpc) is 3.04. The number of ether oxygens (including phenoxy) is 1. The van der Waals surface area contributed by atoms with Gasteiger partial charge in [0.25, 0.3) is 0 Å². The normalized spacial score (nSPS) is 15.1. The molecular formula is C19H22N2O2S. The zero-order valence-corrected chi connectivity index (χ0v) is 14.9. The standard InChI is InChI=1S/C19H22N2O2S/c1-15-9-14-24-18(15)7-8-19(22)21-12-10-20(11-13-21)16-5-3-4-6-17(16)23-2/h3-9,14H,10-13H2,1-2H3. The van der Waals surface area contributed by atoms with Crippen LogP contribution in [0.15, 0.2) is 41.8 Å². The van der Waals surface area contributed by atoms with Gasteiger partial charge in [-0.2, -0.15) is 0 Å². The molecule has 0 aliphatic carbocycles. The van der Waals surface area contributed by atoms with Crippen LogP contribution in [0.25, 0.3) is 6.08 Å². The van der Waals surface area contributed by atoms with Crippen molar-refractivity contribution in [2.75, 3.05) is 38.2 Å². The third-order valence-corrected chi connectivity index (χ3v) is 5.28. The molecule has 0 saturated carbocycles. The lowest BCUT2D eigenvalue weighted by Gasteiger charge is -2.36. The Morgan fingerprint density at radius 1 is 1.17 bits per heavy atom. The monoisotopic (exact) mass is 342 g/mol. The number of rotatable bonds is 4. The number of carbonyl (C=O) groups is 1. The molecule has 5 heteroatoms. The molecule has 0 atom stereocenters. The lowest BCUT2D eigenvalue weighted by molar-refractivity contribution is -0.126. The molecule has 126 valence electrons. The van der Waals surface area contributed by atoms with E-state index in [0.717, 1.165) is 42.5 Å². The molecular weight excluding hydrogens is 320 g/mol. The van der Waals surface area contributed by atoms with Gasteiger partial charge in [-0.25, -0.2) is 0 Å². The van der Waals surface area contributed by atoms with Gasteiger partial charge in [-0.3, -0.25) is 4.79 Å². The van der Waals surface area contributed by atoms with Gasteiger partial charge in [-0.05, 0) is 42.1 Å². The van der Waals surface area contributed by atoms with E-state index in [2.05, 4.69) is 24.0 Å². The van der Waals surface area contributed by atoms with Crippen LogP contribution in [-0.4, -0.2) is 44.1 Å². The number of methoxy groups -OCH3 is 1. The highest BCUT2D eigenvalue weighted by atomic mass is 32.1. The van der Waals surface area contributed by atoms with Crippen LogP contribution >= 0.6 is 11.3 Å². The van der Waals surface area contributed by atoms with E-state index < -0.39 is 0 Å². The summed E-state index contributed by atoms with van der Waals surface area (Å²) in [6, 6.07) is 10.1. The molecule has 0 unspecified atom stereocenters. The molecule has 1 aliphatic heterocycles. The summed E-state index contributed by atoms with van der Waals surface area (Å²) in [5.74, 6) is 0.966.